The van der Waals surface area contributed by atoms with E-state index in [1.807, 2.05) is 0 Å². The summed E-state index contributed by atoms with van der Waals surface area (Å²) in [5.41, 5.74) is 5.54. The van der Waals surface area contributed by atoms with Gasteiger partial charge in [-0.2, -0.15) is 0 Å². The molecule has 1 aliphatic carbocycles. The van der Waals surface area contributed by atoms with Crippen molar-refractivity contribution in [3.8, 4) is 0 Å². The van der Waals surface area contributed by atoms with Crippen LogP contribution in [0.25, 0.3) is 0 Å². The normalized spacial score (nSPS) is 17.2. The fourth-order valence-corrected chi connectivity index (χ4v) is 3.00. The van der Waals surface area contributed by atoms with Gasteiger partial charge in [-0.25, -0.2) is 0 Å². The highest BCUT2D eigenvalue weighted by molar-refractivity contribution is 7.80. The van der Waals surface area contributed by atoms with Gasteiger partial charge in [0.15, 0.2) is 0 Å². The topological polar surface area (TPSA) is 55.1 Å². The SMILES string of the molecule is NC(=S)C1(NC(=O)c2cc(Cl)ccc2Cl)CCCC1. The van der Waals surface area contributed by atoms with Crippen LogP contribution in [0, 0.1) is 0 Å². The monoisotopic (exact) mass is 316 g/mol. The van der Waals surface area contributed by atoms with Crippen molar-refractivity contribution in [1.29, 1.82) is 0 Å². The van der Waals surface area contributed by atoms with E-state index >= 15 is 0 Å². The van der Waals surface area contributed by atoms with Gasteiger partial charge in [-0.3, -0.25) is 4.79 Å². The summed E-state index contributed by atoms with van der Waals surface area (Å²) < 4.78 is 0. The van der Waals surface area contributed by atoms with E-state index in [0.717, 1.165) is 25.7 Å². The van der Waals surface area contributed by atoms with Crippen LogP contribution in [0.15, 0.2) is 18.2 Å². The molecule has 1 amide bonds. The zero-order chi connectivity index (χ0) is 14.0. The van der Waals surface area contributed by atoms with Crippen LogP contribution in [0.1, 0.15) is 36.0 Å². The zero-order valence-corrected chi connectivity index (χ0v) is 12.5. The lowest BCUT2D eigenvalue weighted by Crippen LogP contribution is -2.54. The summed E-state index contributed by atoms with van der Waals surface area (Å²) in [5.74, 6) is -0.290. The summed E-state index contributed by atoms with van der Waals surface area (Å²) in [6.45, 7) is 0. The molecule has 3 nitrogen and oxygen atoms in total. The van der Waals surface area contributed by atoms with Gasteiger partial charge in [-0.15, -0.1) is 0 Å². The average Bonchev–Trinajstić information content (AvgIpc) is 2.82. The van der Waals surface area contributed by atoms with Gasteiger partial charge in [0.2, 0.25) is 0 Å². The third-order valence-electron chi connectivity index (χ3n) is 3.45. The summed E-state index contributed by atoms with van der Waals surface area (Å²) in [6, 6.07) is 4.78. The van der Waals surface area contributed by atoms with Gasteiger partial charge in [0.25, 0.3) is 5.91 Å². The van der Waals surface area contributed by atoms with Crippen LogP contribution >= 0.6 is 35.4 Å². The van der Waals surface area contributed by atoms with Crippen molar-refractivity contribution in [2.75, 3.05) is 0 Å². The quantitative estimate of drug-likeness (QED) is 0.841. The van der Waals surface area contributed by atoms with Crippen molar-refractivity contribution in [3.63, 3.8) is 0 Å². The van der Waals surface area contributed by atoms with E-state index in [1.54, 1.807) is 18.2 Å². The van der Waals surface area contributed by atoms with Crippen LogP contribution in [0.5, 0.6) is 0 Å². The Morgan fingerprint density at radius 3 is 2.53 bits per heavy atom. The summed E-state index contributed by atoms with van der Waals surface area (Å²) in [4.78, 5) is 12.6. The molecule has 3 N–H and O–H groups in total. The summed E-state index contributed by atoms with van der Waals surface area (Å²) in [5, 5.41) is 3.75. The summed E-state index contributed by atoms with van der Waals surface area (Å²) in [7, 11) is 0. The number of amides is 1. The van der Waals surface area contributed by atoms with Crippen LogP contribution in [0.4, 0.5) is 0 Å². The molecule has 1 fully saturated rings. The molecule has 2 rings (SSSR count). The van der Waals surface area contributed by atoms with Gasteiger partial charge in [0.05, 0.1) is 21.1 Å². The number of halogens is 2. The zero-order valence-electron chi connectivity index (χ0n) is 10.2. The van der Waals surface area contributed by atoms with Crippen molar-refractivity contribution in [3.05, 3.63) is 33.8 Å². The molecule has 0 aliphatic heterocycles. The number of hydrogen-bond acceptors (Lipinski definition) is 2. The van der Waals surface area contributed by atoms with E-state index in [2.05, 4.69) is 5.32 Å². The molecule has 0 heterocycles. The highest BCUT2D eigenvalue weighted by Crippen LogP contribution is 2.31. The Bertz CT molecular complexity index is 527. The number of thiocarbonyl (C=S) groups is 1. The molecule has 0 saturated heterocycles. The first kappa shape index (κ1) is 14.6. The number of hydrogen-bond donors (Lipinski definition) is 2. The van der Waals surface area contributed by atoms with Gasteiger partial charge < -0.3 is 11.1 Å². The standard InChI is InChI=1S/C13H14Cl2N2OS/c14-8-3-4-10(15)9(7-8)11(18)17-13(12(16)19)5-1-2-6-13/h3-4,7H,1-2,5-6H2,(H2,16,19)(H,17,18). The molecule has 19 heavy (non-hydrogen) atoms. The number of carbonyl (C=O) groups excluding carboxylic acids is 1. The summed E-state index contributed by atoms with van der Waals surface area (Å²) >= 11 is 17.0. The highest BCUT2D eigenvalue weighted by atomic mass is 35.5. The van der Waals surface area contributed by atoms with Crippen LogP contribution in [0.3, 0.4) is 0 Å². The largest absolute Gasteiger partial charge is 0.391 e. The molecule has 1 aliphatic rings. The van der Waals surface area contributed by atoms with E-state index in [9.17, 15) is 4.79 Å². The maximum Gasteiger partial charge on any atom is 0.253 e. The number of carbonyl (C=O) groups is 1. The Hall–Kier alpha value is -0.840. The van der Waals surface area contributed by atoms with Crippen LogP contribution < -0.4 is 11.1 Å². The first-order valence-electron chi connectivity index (χ1n) is 6.02. The third kappa shape index (κ3) is 3.02. The second-order valence-electron chi connectivity index (χ2n) is 4.73. The first-order chi connectivity index (χ1) is 8.94. The predicted molar refractivity (Wildman–Crippen MR) is 81.9 cm³/mol. The Morgan fingerprint density at radius 1 is 1.32 bits per heavy atom. The molecule has 1 aromatic rings. The van der Waals surface area contributed by atoms with Crippen LogP contribution in [0.2, 0.25) is 10.0 Å². The third-order valence-corrected chi connectivity index (χ3v) is 4.41. The molecule has 0 atom stereocenters. The van der Waals surface area contributed by atoms with E-state index in [-0.39, 0.29) is 5.91 Å². The Kier molecular flexibility index (Phi) is 4.33. The van der Waals surface area contributed by atoms with Gasteiger partial charge in [0, 0.05) is 5.02 Å². The second kappa shape index (κ2) is 5.65. The predicted octanol–water partition coefficient (Wildman–Crippen LogP) is 3.32. The minimum Gasteiger partial charge on any atom is -0.391 e. The molecule has 1 saturated carbocycles. The first-order valence-corrected chi connectivity index (χ1v) is 7.18. The van der Waals surface area contributed by atoms with Crippen molar-refractivity contribution in [1.82, 2.24) is 5.32 Å². The molecule has 102 valence electrons. The van der Waals surface area contributed by atoms with Crippen molar-refractivity contribution in [2.45, 2.75) is 31.2 Å². The lowest BCUT2D eigenvalue weighted by Gasteiger charge is -2.29. The number of nitrogens with two attached hydrogens (primary N) is 1. The molecular weight excluding hydrogens is 303 g/mol. The van der Waals surface area contributed by atoms with Crippen LogP contribution in [-0.2, 0) is 0 Å². The second-order valence-corrected chi connectivity index (χ2v) is 6.02. The maximum atomic E-state index is 12.3. The van der Waals surface area contributed by atoms with Crippen molar-refractivity contribution >= 4 is 46.3 Å². The van der Waals surface area contributed by atoms with Gasteiger partial charge in [-0.05, 0) is 31.0 Å². The number of nitrogens with one attached hydrogen (secondary N) is 1. The summed E-state index contributed by atoms with van der Waals surface area (Å²) in [6.07, 6.45) is 3.54. The minimum absolute atomic E-state index is 0.290. The molecule has 6 heteroatoms. The van der Waals surface area contributed by atoms with Crippen LogP contribution in [-0.4, -0.2) is 16.4 Å². The minimum atomic E-state index is -0.585. The Balaban J connectivity index is 2.25. The number of rotatable bonds is 3. The van der Waals surface area contributed by atoms with E-state index in [1.165, 1.54) is 0 Å². The molecule has 0 radical (unpaired) electrons. The van der Waals surface area contributed by atoms with Crippen molar-refractivity contribution in [2.24, 2.45) is 5.73 Å². The average molecular weight is 317 g/mol. The van der Waals surface area contributed by atoms with E-state index in [4.69, 9.17) is 41.2 Å². The lowest BCUT2D eigenvalue weighted by atomic mass is 9.97. The molecule has 0 unspecified atom stereocenters. The van der Waals surface area contributed by atoms with E-state index < -0.39 is 5.54 Å². The Morgan fingerprint density at radius 2 is 1.95 bits per heavy atom. The molecule has 0 spiro atoms. The van der Waals surface area contributed by atoms with Crippen molar-refractivity contribution < 1.29 is 4.79 Å². The number of benzene rings is 1. The lowest BCUT2D eigenvalue weighted by molar-refractivity contribution is 0.0924. The van der Waals surface area contributed by atoms with Gasteiger partial charge in [-0.1, -0.05) is 48.3 Å². The fourth-order valence-electron chi connectivity index (χ4n) is 2.37. The molecular formula is C13H14Cl2N2OS. The smallest absolute Gasteiger partial charge is 0.253 e. The molecule has 0 aromatic heterocycles. The highest BCUT2D eigenvalue weighted by Gasteiger charge is 2.38. The molecule has 1 aromatic carbocycles. The fraction of sp³-hybridized carbons (Fsp3) is 0.385. The van der Waals surface area contributed by atoms with Gasteiger partial charge >= 0.3 is 0 Å². The Labute approximate surface area is 127 Å². The maximum absolute atomic E-state index is 12.3. The van der Waals surface area contributed by atoms with E-state index in [0.29, 0.717) is 20.6 Å². The van der Waals surface area contributed by atoms with Gasteiger partial charge in [0.1, 0.15) is 0 Å². The molecule has 0 bridgehead atoms.